The van der Waals surface area contributed by atoms with Gasteiger partial charge in [0.25, 0.3) is 0 Å². The van der Waals surface area contributed by atoms with E-state index in [-0.39, 0.29) is 6.04 Å². The van der Waals surface area contributed by atoms with Crippen LogP contribution < -0.4 is 5.84 Å². The van der Waals surface area contributed by atoms with Crippen LogP contribution in [0.3, 0.4) is 0 Å². The zero-order valence-corrected chi connectivity index (χ0v) is 9.64. The molecule has 0 aromatic heterocycles. The van der Waals surface area contributed by atoms with E-state index in [0.717, 1.165) is 5.56 Å². The number of nitrogens with zero attached hydrogens (tertiary/aromatic N) is 1. The average Bonchev–Trinajstić information content (AvgIpc) is 2.28. The summed E-state index contributed by atoms with van der Waals surface area (Å²) in [6, 6.07) is 9.55. The molecule has 0 bridgehead atoms. The molecule has 2 atom stereocenters. The summed E-state index contributed by atoms with van der Waals surface area (Å²) in [4.78, 5) is 0. The number of hydrogen-bond acceptors (Lipinski definition) is 3. The molecule has 3 heteroatoms. The van der Waals surface area contributed by atoms with Gasteiger partial charge in [0.05, 0.1) is 6.04 Å². The summed E-state index contributed by atoms with van der Waals surface area (Å²) >= 11 is 0. The van der Waals surface area contributed by atoms with Crippen LogP contribution in [0.1, 0.15) is 25.8 Å². The van der Waals surface area contributed by atoms with Crippen molar-refractivity contribution in [1.82, 2.24) is 5.01 Å². The summed E-state index contributed by atoms with van der Waals surface area (Å²) in [7, 11) is 1.77. The van der Waals surface area contributed by atoms with Crippen LogP contribution in [0.15, 0.2) is 30.3 Å². The van der Waals surface area contributed by atoms with E-state index in [1.807, 2.05) is 44.2 Å². The van der Waals surface area contributed by atoms with Crippen molar-refractivity contribution in [3.05, 3.63) is 35.9 Å². The Bertz CT molecular complexity index is 300. The molecule has 2 unspecified atom stereocenters. The molecule has 0 heterocycles. The van der Waals surface area contributed by atoms with E-state index >= 15 is 0 Å². The molecule has 84 valence electrons. The van der Waals surface area contributed by atoms with E-state index < -0.39 is 5.60 Å². The monoisotopic (exact) mass is 208 g/mol. The van der Waals surface area contributed by atoms with Crippen molar-refractivity contribution >= 4 is 0 Å². The summed E-state index contributed by atoms with van der Waals surface area (Å²) < 4.78 is 0. The van der Waals surface area contributed by atoms with Gasteiger partial charge in [0.2, 0.25) is 0 Å². The van der Waals surface area contributed by atoms with Gasteiger partial charge in [0.15, 0.2) is 0 Å². The Balaban J connectivity index is 3.05. The maximum atomic E-state index is 10.6. The standard InChI is InChI=1S/C12H20N2O/c1-4-12(15,10(2)14(3)13)11-8-6-5-7-9-11/h5-10,15H,4,13H2,1-3H3. The van der Waals surface area contributed by atoms with Crippen molar-refractivity contribution in [3.63, 3.8) is 0 Å². The first-order valence-electron chi connectivity index (χ1n) is 5.27. The van der Waals surface area contributed by atoms with Crippen LogP contribution in [-0.4, -0.2) is 23.2 Å². The quantitative estimate of drug-likeness (QED) is 0.582. The Morgan fingerprint density at radius 2 is 1.93 bits per heavy atom. The lowest BCUT2D eigenvalue weighted by molar-refractivity contribution is -0.0422. The molecule has 0 fully saturated rings. The molecule has 0 aliphatic heterocycles. The second-order valence-electron chi connectivity index (χ2n) is 3.99. The van der Waals surface area contributed by atoms with Gasteiger partial charge in [-0.05, 0) is 18.9 Å². The Hall–Kier alpha value is -0.900. The van der Waals surface area contributed by atoms with Gasteiger partial charge in [-0.3, -0.25) is 5.84 Å². The van der Waals surface area contributed by atoms with Gasteiger partial charge >= 0.3 is 0 Å². The van der Waals surface area contributed by atoms with E-state index in [2.05, 4.69) is 0 Å². The normalized spacial score (nSPS) is 17.5. The number of likely N-dealkylation sites (N-methyl/N-ethyl adjacent to an activating group) is 1. The van der Waals surface area contributed by atoms with Crippen molar-refractivity contribution in [1.29, 1.82) is 0 Å². The van der Waals surface area contributed by atoms with E-state index in [0.29, 0.717) is 6.42 Å². The molecule has 0 spiro atoms. The largest absolute Gasteiger partial charge is 0.383 e. The van der Waals surface area contributed by atoms with Gasteiger partial charge < -0.3 is 5.11 Å². The molecule has 0 aliphatic rings. The Morgan fingerprint density at radius 3 is 2.33 bits per heavy atom. The first-order chi connectivity index (χ1) is 7.02. The average molecular weight is 208 g/mol. The minimum atomic E-state index is -0.884. The zero-order chi connectivity index (χ0) is 11.5. The molecule has 1 rings (SSSR count). The van der Waals surface area contributed by atoms with Crippen molar-refractivity contribution in [2.45, 2.75) is 31.9 Å². The fourth-order valence-electron chi connectivity index (χ4n) is 1.80. The first-order valence-corrected chi connectivity index (χ1v) is 5.27. The van der Waals surface area contributed by atoms with E-state index in [9.17, 15) is 5.11 Å². The molecule has 0 saturated carbocycles. The summed E-state index contributed by atoms with van der Waals surface area (Å²) in [6.07, 6.45) is 0.639. The highest BCUT2D eigenvalue weighted by Gasteiger charge is 2.35. The number of benzene rings is 1. The third kappa shape index (κ3) is 2.37. The smallest absolute Gasteiger partial charge is 0.106 e. The van der Waals surface area contributed by atoms with Crippen LogP contribution in [0.4, 0.5) is 0 Å². The zero-order valence-electron chi connectivity index (χ0n) is 9.64. The number of aliphatic hydroxyl groups is 1. The molecule has 1 aromatic rings. The van der Waals surface area contributed by atoms with Crippen molar-refractivity contribution < 1.29 is 5.11 Å². The Kier molecular flexibility index (Phi) is 3.85. The first kappa shape index (κ1) is 12.2. The molecular formula is C12H20N2O. The second kappa shape index (κ2) is 4.75. The molecule has 15 heavy (non-hydrogen) atoms. The maximum absolute atomic E-state index is 10.6. The van der Waals surface area contributed by atoms with Crippen molar-refractivity contribution in [2.75, 3.05) is 7.05 Å². The molecule has 0 aliphatic carbocycles. The highest BCUT2D eigenvalue weighted by Crippen LogP contribution is 2.30. The summed E-state index contributed by atoms with van der Waals surface area (Å²) in [5, 5.41) is 12.2. The van der Waals surface area contributed by atoms with E-state index in [1.54, 1.807) is 12.1 Å². The highest BCUT2D eigenvalue weighted by atomic mass is 16.3. The maximum Gasteiger partial charge on any atom is 0.106 e. The predicted octanol–water partition coefficient (Wildman–Crippen LogP) is 1.48. The van der Waals surface area contributed by atoms with Crippen molar-refractivity contribution in [3.8, 4) is 0 Å². The molecular weight excluding hydrogens is 188 g/mol. The van der Waals surface area contributed by atoms with Gasteiger partial charge in [-0.25, -0.2) is 5.01 Å². The summed E-state index contributed by atoms with van der Waals surface area (Å²) in [6.45, 7) is 3.89. The highest BCUT2D eigenvalue weighted by molar-refractivity contribution is 5.23. The van der Waals surface area contributed by atoms with Gasteiger partial charge in [-0.2, -0.15) is 0 Å². The summed E-state index contributed by atoms with van der Waals surface area (Å²) in [5.74, 6) is 5.71. The number of rotatable bonds is 4. The van der Waals surface area contributed by atoms with Crippen LogP contribution in [0.25, 0.3) is 0 Å². The van der Waals surface area contributed by atoms with Gasteiger partial charge in [-0.15, -0.1) is 0 Å². The molecule has 1 aromatic carbocycles. The molecule has 0 amide bonds. The second-order valence-corrected chi connectivity index (χ2v) is 3.99. The van der Waals surface area contributed by atoms with Crippen LogP contribution in [0.5, 0.6) is 0 Å². The third-order valence-corrected chi connectivity index (χ3v) is 3.11. The summed E-state index contributed by atoms with van der Waals surface area (Å²) in [5.41, 5.74) is 0.0300. The number of nitrogens with two attached hydrogens (primary N) is 1. The molecule has 0 saturated heterocycles. The van der Waals surface area contributed by atoms with Gasteiger partial charge in [-0.1, -0.05) is 37.3 Å². The number of hydrazine groups is 1. The fraction of sp³-hybridized carbons (Fsp3) is 0.500. The van der Waals surface area contributed by atoms with Crippen LogP contribution in [-0.2, 0) is 5.60 Å². The minimum Gasteiger partial charge on any atom is -0.383 e. The van der Waals surface area contributed by atoms with Crippen LogP contribution >= 0.6 is 0 Å². The molecule has 0 radical (unpaired) electrons. The lowest BCUT2D eigenvalue weighted by atomic mass is 9.84. The lowest BCUT2D eigenvalue weighted by Gasteiger charge is -2.37. The van der Waals surface area contributed by atoms with Gasteiger partial charge in [0, 0.05) is 7.05 Å². The van der Waals surface area contributed by atoms with Crippen LogP contribution in [0.2, 0.25) is 0 Å². The van der Waals surface area contributed by atoms with E-state index in [4.69, 9.17) is 5.84 Å². The number of hydrogen-bond donors (Lipinski definition) is 2. The van der Waals surface area contributed by atoms with Crippen LogP contribution in [0, 0.1) is 0 Å². The SMILES string of the molecule is CCC(O)(c1ccccc1)C(C)N(C)N. The minimum absolute atomic E-state index is 0.120. The predicted molar refractivity (Wildman–Crippen MR) is 62.0 cm³/mol. The molecule has 3 nitrogen and oxygen atoms in total. The van der Waals surface area contributed by atoms with Crippen molar-refractivity contribution in [2.24, 2.45) is 5.84 Å². The Labute approximate surface area is 91.5 Å². The van der Waals surface area contributed by atoms with Gasteiger partial charge in [0.1, 0.15) is 5.60 Å². The fourth-order valence-corrected chi connectivity index (χ4v) is 1.80. The lowest BCUT2D eigenvalue weighted by Crippen LogP contribution is -2.50. The van der Waals surface area contributed by atoms with E-state index in [1.165, 1.54) is 0 Å². The molecule has 3 N–H and O–H groups in total. The Morgan fingerprint density at radius 1 is 1.40 bits per heavy atom. The topological polar surface area (TPSA) is 49.5 Å². The third-order valence-electron chi connectivity index (χ3n) is 3.11.